The van der Waals surface area contributed by atoms with Gasteiger partial charge in [0.15, 0.2) is 0 Å². The zero-order valence-corrected chi connectivity index (χ0v) is 10.3. The van der Waals surface area contributed by atoms with Crippen molar-refractivity contribution >= 4 is 66.3 Å². The van der Waals surface area contributed by atoms with Gasteiger partial charge in [0.1, 0.15) is 0 Å². The van der Waals surface area contributed by atoms with Gasteiger partial charge in [-0.1, -0.05) is 20.7 Å². The van der Waals surface area contributed by atoms with E-state index in [2.05, 4.69) is 45.5 Å². The molecule has 0 radical (unpaired) electrons. The minimum atomic E-state index is 0. The SMILES string of the molecule is PSC=S.S=C[S-].[Au+]. The first kappa shape index (κ1) is 16.5. The van der Waals surface area contributed by atoms with Crippen molar-refractivity contribution in [3.8, 4) is 0 Å². The monoisotopic (exact) mass is 384 g/mol. The van der Waals surface area contributed by atoms with E-state index in [0.717, 1.165) is 0 Å². The summed E-state index contributed by atoms with van der Waals surface area (Å²) in [7, 11) is 2.41. The van der Waals surface area contributed by atoms with Crippen LogP contribution in [-0.2, 0) is 35.0 Å². The Kier molecular flexibility index (Phi) is 47.6. The Morgan fingerprint density at radius 3 is 1.62 bits per heavy atom. The third-order valence-electron chi connectivity index (χ3n) is 0.0556. The Morgan fingerprint density at radius 1 is 1.50 bits per heavy atom. The molecule has 0 rings (SSSR count). The Morgan fingerprint density at radius 2 is 1.62 bits per heavy atom. The quantitative estimate of drug-likeness (QED) is 0.293. The van der Waals surface area contributed by atoms with Gasteiger partial charge >= 0.3 is 22.4 Å². The number of hydrogen-bond donors (Lipinski definition) is 0. The van der Waals surface area contributed by atoms with Crippen molar-refractivity contribution in [2.24, 2.45) is 0 Å². The molecule has 0 aromatic heterocycles. The maximum absolute atomic E-state index is 4.37. The summed E-state index contributed by atoms with van der Waals surface area (Å²) in [5.41, 5.74) is 0. The van der Waals surface area contributed by atoms with Crippen LogP contribution in [0.2, 0.25) is 0 Å². The molecule has 0 amide bonds. The molecule has 6 heteroatoms. The van der Waals surface area contributed by atoms with Gasteiger partial charge in [-0.15, -0.1) is 11.4 Å². The summed E-state index contributed by atoms with van der Waals surface area (Å²) in [4.78, 5) is 0. The Balaban J connectivity index is -0.0000000575. The first-order valence-electron chi connectivity index (χ1n) is 1.18. The average molecular weight is 384 g/mol. The van der Waals surface area contributed by atoms with Crippen LogP contribution in [0.5, 0.6) is 0 Å². The van der Waals surface area contributed by atoms with E-state index in [1.165, 1.54) is 16.1 Å². The second kappa shape index (κ2) is 23.1. The first-order chi connectivity index (χ1) is 3.33. The Labute approximate surface area is 87.8 Å². The number of thiocarbonyl (C=S) groups is 2. The molecule has 0 fully saturated rings. The van der Waals surface area contributed by atoms with Crippen LogP contribution in [0.1, 0.15) is 0 Å². The Bertz CT molecular complexity index is 49.3. The first-order valence-corrected chi connectivity index (χ1v) is 4.95. The summed E-state index contributed by atoms with van der Waals surface area (Å²) >= 11 is 14.0. The predicted molar refractivity (Wildman–Crippen MR) is 52.0 cm³/mol. The van der Waals surface area contributed by atoms with Gasteiger partial charge in [-0.25, -0.2) is 0 Å². The summed E-state index contributed by atoms with van der Waals surface area (Å²) in [6.07, 6.45) is 0. The fourth-order valence-electron chi connectivity index (χ4n) is 0. The van der Waals surface area contributed by atoms with Crippen LogP contribution in [-0.4, -0.2) is 9.40 Å². The molecule has 0 aliphatic carbocycles. The van der Waals surface area contributed by atoms with Crippen LogP contribution in [0, 0.1) is 0 Å². The molecule has 0 saturated heterocycles. The summed E-state index contributed by atoms with van der Waals surface area (Å²) in [5.74, 6) is 0. The standard InChI is InChI=1S/CH3PS2.CH2S2.Au/c2-4-1-3;2-1-3;/h1H,2H2;1H,(H,2,3);/q;;+1/p-1. The van der Waals surface area contributed by atoms with Crippen LogP contribution in [0.15, 0.2) is 0 Å². The minimum Gasteiger partial charge on any atom is -0.436 e. The third-order valence-corrected chi connectivity index (χ3v) is 1.50. The van der Waals surface area contributed by atoms with Crippen molar-refractivity contribution in [3.63, 3.8) is 0 Å². The molecule has 0 heterocycles. The molecule has 0 bridgehead atoms. The third kappa shape index (κ3) is 44.5. The molecule has 0 nitrogen and oxygen atoms in total. The van der Waals surface area contributed by atoms with Crippen LogP contribution in [0.25, 0.3) is 0 Å². The fourth-order valence-corrected chi connectivity index (χ4v) is 0. The van der Waals surface area contributed by atoms with E-state index in [1.807, 2.05) is 0 Å². The molecule has 0 aromatic rings. The van der Waals surface area contributed by atoms with Crippen molar-refractivity contribution in [1.82, 2.24) is 0 Å². The Hall–Kier alpha value is 1.92. The van der Waals surface area contributed by atoms with E-state index in [0.29, 0.717) is 0 Å². The van der Waals surface area contributed by atoms with Crippen LogP contribution < -0.4 is 0 Å². The van der Waals surface area contributed by atoms with Crippen LogP contribution in [0.4, 0.5) is 0 Å². The van der Waals surface area contributed by atoms with E-state index in [-0.39, 0.29) is 22.4 Å². The van der Waals surface area contributed by atoms with Crippen LogP contribution in [0.3, 0.4) is 0 Å². The molecular weight excluding hydrogens is 380 g/mol. The molecule has 1 atom stereocenters. The molecule has 0 saturated carbocycles. The van der Waals surface area contributed by atoms with Crippen molar-refractivity contribution in [2.75, 3.05) is 0 Å². The van der Waals surface area contributed by atoms with Gasteiger partial charge in [0, 0.05) is 4.70 Å². The molecule has 0 spiro atoms. The molecule has 8 heavy (non-hydrogen) atoms. The zero-order valence-electron chi connectivity index (χ0n) is 3.67. The molecule has 0 aliphatic rings. The van der Waals surface area contributed by atoms with Gasteiger partial charge in [-0.3, -0.25) is 0 Å². The van der Waals surface area contributed by atoms with E-state index in [9.17, 15) is 0 Å². The maximum atomic E-state index is 4.37. The topological polar surface area (TPSA) is 0 Å². The summed E-state index contributed by atoms with van der Waals surface area (Å²) in [5, 5.41) is 0. The second-order valence-electron chi connectivity index (χ2n) is 0.329. The minimum absolute atomic E-state index is 0. The van der Waals surface area contributed by atoms with Gasteiger partial charge in [-0.2, -0.15) is 4.70 Å². The summed E-state index contributed by atoms with van der Waals surface area (Å²) < 4.78 is 2.75. The zero-order chi connectivity index (χ0) is 6.12. The van der Waals surface area contributed by atoms with Crippen molar-refractivity contribution in [1.29, 1.82) is 0 Å². The smallest absolute Gasteiger partial charge is 0.436 e. The molecule has 0 aliphatic heterocycles. The largest absolute Gasteiger partial charge is 1.00 e. The maximum Gasteiger partial charge on any atom is 1.00 e. The van der Waals surface area contributed by atoms with Gasteiger partial charge < -0.3 is 24.8 Å². The molecular formula is C2H4AuPS4. The average Bonchev–Trinajstić information content (AvgIpc) is 1.69. The molecule has 0 aromatic carbocycles. The fraction of sp³-hybridized carbons (Fsp3) is 0. The van der Waals surface area contributed by atoms with Crippen molar-refractivity contribution < 1.29 is 22.4 Å². The van der Waals surface area contributed by atoms with Crippen LogP contribution >= 0.6 is 44.3 Å². The van der Waals surface area contributed by atoms with Gasteiger partial charge in [0.2, 0.25) is 0 Å². The number of rotatable bonds is 1. The normalized spacial score (nSPS) is 4.62. The molecule has 0 N–H and O–H groups in total. The number of hydrogen-bond acceptors (Lipinski definition) is 4. The van der Waals surface area contributed by atoms with E-state index >= 15 is 0 Å². The van der Waals surface area contributed by atoms with Crippen molar-refractivity contribution in [2.45, 2.75) is 0 Å². The van der Waals surface area contributed by atoms with E-state index in [1.54, 1.807) is 4.70 Å². The molecule has 52 valence electrons. The summed E-state index contributed by atoms with van der Waals surface area (Å²) in [6.45, 7) is 0. The van der Waals surface area contributed by atoms with Gasteiger partial charge in [-0.05, 0) is 0 Å². The predicted octanol–water partition coefficient (Wildman–Crippen LogP) is 1.95. The van der Waals surface area contributed by atoms with Crippen molar-refractivity contribution in [3.05, 3.63) is 0 Å². The van der Waals surface area contributed by atoms with Gasteiger partial charge in [0.05, 0.1) is 0 Å². The molecule has 1 unspecified atom stereocenters. The van der Waals surface area contributed by atoms with E-state index in [4.69, 9.17) is 0 Å². The van der Waals surface area contributed by atoms with E-state index < -0.39 is 0 Å². The second-order valence-corrected chi connectivity index (χ2v) is 2.96. The van der Waals surface area contributed by atoms with Gasteiger partial charge in [0.25, 0.3) is 0 Å². The summed E-state index contributed by atoms with van der Waals surface area (Å²) in [6, 6.07) is 0.